The second-order valence-electron chi connectivity index (χ2n) is 4.15. The highest BCUT2D eigenvalue weighted by Gasteiger charge is 2.30. The van der Waals surface area contributed by atoms with Gasteiger partial charge in [-0.2, -0.15) is 0 Å². The van der Waals surface area contributed by atoms with E-state index in [9.17, 15) is 5.11 Å². The molecule has 1 aliphatic carbocycles. The molecule has 1 aliphatic rings. The van der Waals surface area contributed by atoms with Gasteiger partial charge in [0, 0.05) is 23.2 Å². The van der Waals surface area contributed by atoms with Gasteiger partial charge >= 0.3 is 0 Å². The van der Waals surface area contributed by atoms with E-state index in [-0.39, 0.29) is 12.2 Å². The molecule has 3 heteroatoms. The van der Waals surface area contributed by atoms with E-state index < -0.39 is 0 Å². The van der Waals surface area contributed by atoms with E-state index >= 15 is 0 Å². The minimum atomic E-state index is -0.308. The Labute approximate surface area is 93.7 Å². The Kier molecular flexibility index (Phi) is 2.26. The van der Waals surface area contributed by atoms with Gasteiger partial charge in [-0.3, -0.25) is 4.98 Å². The highest BCUT2D eigenvalue weighted by atomic mass is 16.5. The van der Waals surface area contributed by atoms with Gasteiger partial charge in [0.15, 0.2) is 0 Å². The van der Waals surface area contributed by atoms with Gasteiger partial charge in [-0.1, -0.05) is 12.1 Å². The highest BCUT2D eigenvalue weighted by Crippen LogP contribution is 2.30. The van der Waals surface area contributed by atoms with E-state index in [0.29, 0.717) is 0 Å². The van der Waals surface area contributed by atoms with E-state index in [1.165, 1.54) is 0 Å². The van der Waals surface area contributed by atoms with Crippen molar-refractivity contribution < 1.29 is 9.84 Å². The number of aliphatic hydroxyl groups is 1. The minimum absolute atomic E-state index is 0.0428. The van der Waals surface area contributed by atoms with Crippen LogP contribution < -0.4 is 4.74 Å². The van der Waals surface area contributed by atoms with Crippen LogP contribution in [0.4, 0.5) is 0 Å². The Morgan fingerprint density at radius 1 is 1.25 bits per heavy atom. The summed E-state index contributed by atoms with van der Waals surface area (Å²) in [5.74, 6) is 0.837. The predicted molar refractivity (Wildman–Crippen MR) is 61.4 cm³/mol. The van der Waals surface area contributed by atoms with Crippen LogP contribution in [0.5, 0.6) is 5.75 Å². The topological polar surface area (TPSA) is 42.4 Å². The number of hydrogen-bond donors (Lipinski definition) is 1. The van der Waals surface area contributed by atoms with Gasteiger partial charge in [0.05, 0.1) is 6.10 Å². The summed E-state index contributed by atoms with van der Waals surface area (Å²) in [6, 6.07) is 7.83. The minimum Gasteiger partial charge on any atom is -0.487 e. The number of nitrogens with zero attached hydrogens (tertiary/aromatic N) is 1. The summed E-state index contributed by atoms with van der Waals surface area (Å²) in [5.41, 5.74) is 0. The maximum Gasteiger partial charge on any atom is 0.127 e. The fourth-order valence-electron chi connectivity index (χ4n) is 1.95. The number of aromatic nitrogens is 1. The summed E-state index contributed by atoms with van der Waals surface area (Å²) in [6.45, 7) is 0. The first-order chi connectivity index (χ1) is 7.84. The molecule has 3 rings (SSSR count). The fourth-order valence-corrected chi connectivity index (χ4v) is 1.95. The van der Waals surface area contributed by atoms with Crippen molar-refractivity contribution >= 4 is 10.8 Å². The first-order valence-corrected chi connectivity index (χ1v) is 5.52. The molecule has 1 fully saturated rings. The smallest absolute Gasteiger partial charge is 0.127 e. The van der Waals surface area contributed by atoms with Gasteiger partial charge < -0.3 is 9.84 Å². The van der Waals surface area contributed by atoms with Gasteiger partial charge in [0.2, 0.25) is 0 Å². The van der Waals surface area contributed by atoms with Crippen molar-refractivity contribution in [1.29, 1.82) is 0 Å². The highest BCUT2D eigenvalue weighted by molar-refractivity contribution is 5.87. The molecule has 1 aromatic heterocycles. The van der Waals surface area contributed by atoms with Crippen LogP contribution in [0.25, 0.3) is 10.8 Å². The molecule has 0 aliphatic heterocycles. The number of fused-ring (bicyclic) bond motifs is 1. The molecule has 0 bridgehead atoms. The van der Waals surface area contributed by atoms with Crippen LogP contribution in [0, 0.1) is 0 Å². The van der Waals surface area contributed by atoms with Crippen molar-refractivity contribution in [2.45, 2.75) is 25.0 Å². The number of rotatable bonds is 2. The fraction of sp³-hybridized carbons (Fsp3) is 0.308. The van der Waals surface area contributed by atoms with Crippen molar-refractivity contribution in [1.82, 2.24) is 4.98 Å². The Bertz CT molecular complexity index is 507. The van der Waals surface area contributed by atoms with E-state index in [1.807, 2.05) is 30.5 Å². The SMILES string of the molecule is O[C@H]1CC[C@@H]1Oc1cccc2cnccc12. The van der Waals surface area contributed by atoms with Crippen LogP contribution in [-0.4, -0.2) is 22.3 Å². The van der Waals surface area contributed by atoms with E-state index in [4.69, 9.17) is 4.74 Å². The van der Waals surface area contributed by atoms with Crippen LogP contribution in [0.3, 0.4) is 0 Å². The lowest BCUT2D eigenvalue weighted by molar-refractivity contribution is -0.0354. The van der Waals surface area contributed by atoms with Gasteiger partial charge in [-0.25, -0.2) is 0 Å². The standard InChI is InChI=1S/C13H13NO2/c15-11-4-5-13(11)16-12-3-1-2-9-8-14-7-6-10(9)12/h1-3,6-8,11,13,15H,4-5H2/t11-,13-/m0/s1. The van der Waals surface area contributed by atoms with E-state index in [2.05, 4.69) is 4.98 Å². The quantitative estimate of drug-likeness (QED) is 0.834. The predicted octanol–water partition coefficient (Wildman–Crippen LogP) is 2.14. The number of hydrogen-bond acceptors (Lipinski definition) is 3. The summed E-state index contributed by atoms with van der Waals surface area (Å²) < 4.78 is 5.80. The molecular formula is C13H13NO2. The van der Waals surface area contributed by atoms with Crippen molar-refractivity contribution in [2.75, 3.05) is 0 Å². The first-order valence-electron chi connectivity index (χ1n) is 5.52. The van der Waals surface area contributed by atoms with Crippen molar-refractivity contribution in [3.63, 3.8) is 0 Å². The summed E-state index contributed by atoms with van der Waals surface area (Å²) in [5, 5.41) is 11.6. The summed E-state index contributed by atoms with van der Waals surface area (Å²) >= 11 is 0. The second-order valence-corrected chi connectivity index (χ2v) is 4.15. The third-order valence-corrected chi connectivity index (χ3v) is 3.10. The van der Waals surface area contributed by atoms with Crippen molar-refractivity contribution in [3.05, 3.63) is 36.7 Å². The zero-order chi connectivity index (χ0) is 11.0. The molecule has 0 spiro atoms. The third kappa shape index (κ3) is 1.53. The average Bonchev–Trinajstić information content (AvgIpc) is 2.34. The van der Waals surface area contributed by atoms with Gasteiger partial charge in [0.25, 0.3) is 0 Å². The Balaban J connectivity index is 1.96. The molecule has 1 heterocycles. The molecule has 0 amide bonds. The summed E-state index contributed by atoms with van der Waals surface area (Å²) in [6.07, 6.45) is 5.00. The molecule has 1 aromatic carbocycles. The molecule has 2 atom stereocenters. The molecule has 82 valence electrons. The number of aliphatic hydroxyl groups excluding tert-OH is 1. The summed E-state index contributed by atoms with van der Waals surface area (Å²) in [7, 11) is 0. The second kappa shape index (κ2) is 3.76. The van der Waals surface area contributed by atoms with Crippen molar-refractivity contribution in [3.8, 4) is 5.75 Å². The molecule has 3 nitrogen and oxygen atoms in total. The van der Waals surface area contributed by atoms with E-state index in [0.717, 1.165) is 29.4 Å². The molecule has 0 unspecified atom stereocenters. The number of ether oxygens (including phenoxy) is 1. The third-order valence-electron chi connectivity index (χ3n) is 3.10. The van der Waals surface area contributed by atoms with Crippen molar-refractivity contribution in [2.24, 2.45) is 0 Å². The van der Waals surface area contributed by atoms with Crippen LogP contribution >= 0.6 is 0 Å². The molecule has 0 saturated heterocycles. The zero-order valence-corrected chi connectivity index (χ0v) is 8.84. The monoisotopic (exact) mass is 215 g/mol. The average molecular weight is 215 g/mol. The lowest BCUT2D eigenvalue weighted by Crippen LogP contribution is -2.41. The molecule has 2 aromatic rings. The maximum absolute atomic E-state index is 9.50. The molecule has 1 saturated carbocycles. The Morgan fingerprint density at radius 3 is 2.94 bits per heavy atom. The van der Waals surface area contributed by atoms with Crippen LogP contribution in [-0.2, 0) is 0 Å². The zero-order valence-electron chi connectivity index (χ0n) is 8.84. The normalized spacial score (nSPS) is 24.1. The van der Waals surface area contributed by atoms with Gasteiger partial charge in [-0.15, -0.1) is 0 Å². The Hall–Kier alpha value is -1.61. The maximum atomic E-state index is 9.50. The molecule has 1 N–H and O–H groups in total. The largest absolute Gasteiger partial charge is 0.487 e. The Morgan fingerprint density at radius 2 is 2.19 bits per heavy atom. The van der Waals surface area contributed by atoms with Crippen LogP contribution in [0.1, 0.15) is 12.8 Å². The molecular weight excluding hydrogens is 202 g/mol. The summed E-state index contributed by atoms with van der Waals surface area (Å²) in [4.78, 5) is 4.08. The lowest BCUT2D eigenvalue weighted by atomic mass is 9.92. The molecule has 0 radical (unpaired) electrons. The van der Waals surface area contributed by atoms with Gasteiger partial charge in [0.1, 0.15) is 11.9 Å². The van der Waals surface area contributed by atoms with Crippen LogP contribution in [0.15, 0.2) is 36.7 Å². The number of benzene rings is 1. The van der Waals surface area contributed by atoms with Gasteiger partial charge in [-0.05, 0) is 25.0 Å². The number of pyridine rings is 1. The van der Waals surface area contributed by atoms with E-state index in [1.54, 1.807) is 6.20 Å². The lowest BCUT2D eigenvalue weighted by Gasteiger charge is -2.32. The molecule has 16 heavy (non-hydrogen) atoms. The first kappa shape index (κ1) is 9.60. The van der Waals surface area contributed by atoms with Crippen LogP contribution in [0.2, 0.25) is 0 Å².